The minimum absolute atomic E-state index is 0.0412. The molecule has 0 N–H and O–H groups in total. The summed E-state index contributed by atoms with van der Waals surface area (Å²) >= 11 is 4.35. The second-order valence-corrected chi connectivity index (χ2v) is 8.86. The monoisotopic (exact) mass is 377 g/mol. The molecule has 0 amide bonds. The fourth-order valence-corrected chi connectivity index (χ4v) is 5.82. The average molecular weight is 378 g/mol. The zero-order chi connectivity index (χ0) is 14.4. The molecule has 1 fully saturated rings. The van der Waals surface area contributed by atoms with Crippen molar-refractivity contribution in [2.75, 3.05) is 6.54 Å². The highest BCUT2D eigenvalue weighted by Gasteiger charge is 2.45. The third-order valence-corrected chi connectivity index (χ3v) is 6.43. The van der Waals surface area contributed by atoms with Crippen molar-refractivity contribution in [1.29, 1.82) is 0 Å². The number of thiophene rings is 1. The van der Waals surface area contributed by atoms with Crippen molar-refractivity contribution in [3.05, 3.63) is 14.7 Å². The Bertz CT molecular complexity index is 578. The van der Waals surface area contributed by atoms with Crippen molar-refractivity contribution < 1.29 is 21.6 Å². The summed E-state index contributed by atoms with van der Waals surface area (Å²) in [6, 6.07) is 0.839. The van der Waals surface area contributed by atoms with Crippen LogP contribution in [-0.4, -0.2) is 31.5 Å². The van der Waals surface area contributed by atoms with E-state index in [2.05, 4.69) is 15.9 Å². The molecule has 19 heavy (non-hydrogen) atoms. The van der Waals surface area contributed by atoms with Crippen LogP contribution in [0.25, 0.3) is 0 Å². The Kier molecular flexibility index (Phi) is 4.03. The molecule has 1 saturated carbocycles. The summed E-state index contributed by atoms with van der Waals surface area (Å²) in [4.78, 5) is 0.445. The molecule has 1 heterocycles. The van der Waals surface area contributed by atoms with Crippen LogP contribution < -0.4 is 0 Å². The van der Waals surface area contributed by atoms with Gasteiger partial charge >= 0.3 is 6.18 Å². The molecule has 0 atom stereocenters. The van der Waals surface area contributed by atoms with Gasteiger partial charge in [-0.1, -0.05) is 0 Å². The van der Waals surface area contributed by atoms with E-state index in [9.17, 15) is 21.6 Å². The second kappa shape index (κ2) is 5.01. The number of rotatable bonds is 4. The molecule has 0 aromatic carbocycles. The fraction of sp³-hybridized carbons (Fsp3) is 0.600. The van der Waals surface area contributed by atoms with Crippen molar-refractivity contribution in [2.45, 2.75) is 36.9 Å². The highest BCUT2D eigenvalue weighted by molar-refractivity contribution is 9.11. The smallest absolute Gasteiger partial charge is 0.207 e. The first-order valence-corrected chi connectivity index (χ1v) is 8.51. The zero-order valence-electron chi connectivity index (χ0n) is 9.87. The molecule has 108 valence electrons. The molecule has 1 aromatic heterocycles. The molecule has 0 saturated heterocycles. The Morgan fingerprint density at radius 1 is 1.47 bits per heavy atom. The van der Waals surface area contributed by atoms with E-state index in [0.717, 1.165) is 0 Å². The van der Waals surface area contributed by atoms with Gasteiger partial charge in [0.1, 0.15) is 6.54 Å². The molecule has 1 aliphatic carbocycles. The van der Waals surface area contributed by atoms with Gasteiger partial charge in [0.25, 0.3) is 0 Å². The van der Waals surface area contributed by atoms with Crippen LogP contribution in [0, 0.1) is 6.92 Å². The summed E-state index contributed by atoms with van der Waals surface area (Å²) in [5.74, 6) is 0. The summed E-state index contributed by atoms with van der Waals surface area (Å²) in [5.41, 5.74) is 0. The lowest BCUT2D eigenvalue weighted by molar-refractivity contribution is -0.137. The van der Waals surface area contributed by atoms with Crippen molar-refractivity contribution in [2.24, 2.45) is 0 Å². The van der Waals surface area contributed by atoms with Gasteiger partial charge in [-0.2, -0.15) is 17.5 Å². The molecular weight excluding hydrogens is 367 g/mol. The average Bonchev–Trinajstić information content (AvgIpc) is 2.99. The van der Waals surface area contributed by atoms with Gasteiger partial charge in [-0.05, 0) is 41.8 Å². The minimum Gasteiger partial charge on any atom is -0.207 e. The molecule has 3 nitrogen and oxygen atoms in total. The number of aryl methyl sites for hydroxylation is 1. The lowest BCUT2D eigenvalue weighted by Crippen LogP contribution is -2.40. The van der Waals surface area contributed by atoms with Gasteiger partial charge in [-0.15, -0.1) is 11.3 Å². The van der Waals surface area contributed by atoms with Crippen molar-refractivity contribution in [3.8, 4) is 0 Å². The normalized spacial score (nSPS) is 17.2. The predicted octanol–water partition coefficient (Wildman–Crippen LogP) is 3.53. The predicted molar refractivity (Wildman–Crippen MR) is 69.7 cm³/mol. The number of alkyl halides is 3. The topological polar surface area (TPSA) is 37.4 Å². The van der Waals surface area contributed by atoms with Gasteiger partial charge in [0.05, 0.1) is 8.68 Å². The maximum atomic E-state index is 12.5. The number of halogens is 4. The molecule has 0 bridgehead atoms. The first-order chi connectivity index (χ1) is 8.61. The number of hydrogen-bond donors (Lipinski definition) is 0. The first-order valence-electron chi connectivity index (χ1n) is 5.46. The Balaban J connectivity index is 2.37. The molecule has 0 spiro atoms. The van der Waals surface area contributed by atoms with Gasteiger partial charge in [0.15, 0.2) is 0 Å². The third kappa shape index (κ3) is 3.50. The first kappa shape index (κ1) is 15.3. The zero-order valence-corrected chi connectivity index (χ0v) is 13.1. The molecular formula is C10H11BrF3NO2S2. The van der Waals surface area contributed by atoms with Gasteiger partial charge in [-0.3, -0.25) is 0 Å². The van der Waals surface area contributed by atoms with E-state index < -0.39 is 28.8 Å². The SMILES string of the molecule is Cc1sc(Br)cc1S(=O)(=O)N(CC(F)(F)F)C1CC1. The molecule has 1 aromatic rings. The van der Waals surface area contributed by atoms with Crippen molar-refractivity contribution >= 4 is 37.3 Å². The highest BCUT2D eigenvalue weighted by atomic mass is 79.9. The maximum Gasteiger partial charge on any atom is 0.402 e. The van der Waals surface area contributed by atoms with Crippen LogP contribution in [0.3, 0.4) is 0 Å². The summed E-state index contributed by atoms with van der Waals surface area (Å²) in [6.45, 7) is 0.161. The minimum atomic E-state index is -4.53. The number of sulfonamides is 1. The summed E-state index contributed by atoms with van der Waals surface area (Å²) < 4.78 is 63.4. The van der Waals surface area contributed by atoms with Crippen LogP contribution in [0.5, 0.6) is 0 Å². The Morgan fingerprint density at radius 2 is 2.05 bits per heavy atom. The van der Waals surface area contributed by atoms with Gasteiger partial charge < -0.3 is 0 Å². The standard InChI is InChI=1S/C10H11BrF3NO2S2/c1-6-8(4-9(11)18-6)19(16,17)15(7-2-3-7)5-10(12,13)14/h4,7H,2-3,5H2,1H3. The molecule has 2 rings (SSSR count). The van der Waals surface area contributed by atoms with E-state index in [1.807, 2.05) is 0 Å². The van der Waals surface area contributed by atoms with Gasteiger partial charge in [-0.25, -0.2) is 8.42 Å². The van der Waals surface area contributed by atoms with Crippen LogP contribution in [0.1, 0.15) is 17.7 Å². The lowest BCUT2D eigenvalue weighted by Gasteiger charge is -2.22. The Hall–Kier alpha value is -0.120. The van der Waals surface area contributed by atoms with Gasteiger partial charge in [0, 0.05) is 10.9 Å². The molecule has 0 unspecified atom stereocenters. The van der Waals surface area contributed by atoms with E-state index in [0.29, 0.717) is 25.8 Å². The van der Waals surface area contributed by atoms with Crippen LogP contribution in [-0.2, 0) is 10.0 Å². The molecule has 1 aliphatic rings. The van der Waals surface area contributed by atoms with Gasteiger partial charge in [0.2, 0.25) is 10.0 Å². The van der Waals surface area contributed by atoms with E-state index in [4.69, 9.17) is 0 Å². The Morgan fingerprint density at radius 3 is 2.42 bits per heavy atom. The molecule has 9 heteroatoms. The summed E-state index contributed by atoms with van der Waals surface area (Å²) in [7, 11) is -4.09. The van der Waals surface area contributed by atoms with E-state index in [1.165, 1.54) is 17.4 Å². The quantitative estimate of drug-likeness (QED) is 0.804. The maximum absolute atomic E-state index is 12.5. The van der Waals surface area contributed by atoms with Crippen LogP contribution in [0.4, 0.5) is 13.2 Å². The number of hydrogen-bond acceptors (Lipinski definition) is 3. The number of nitrogens with zero attached hydrogens (tertiary/aromatic N) is 1. The van der Waals surface area contributed by atoms with Crippen LogP contribution >= 0.6 is 27.3 Å². The largest absolute Gasteiger partial charge is 0.402 e. The Labute approximate surface area is 121 Å². The van der Waals surface area contributed by atoms with E-state index >= 15 is 0 Å². The fourth-order valence-electron chi connectivity index (χ4n) is 1.76. The lowest BCUT2D eigenvalue weighted by atomic mass is 10.5. The van der Waals surface area contributed by atoms with Crippen molar-refractivity contribution in [1.82, 2.24) is 4.31 Å². The van der Waals surface area contributed by atoms with E-state index in [1.54, 1.807) is 6.92 Å². The van der Waals surface area contributed by atoms with Crippen LogP contribution in [0.15, 0.2) is 14.7 Å². The van der Waals surface area contributed by atoms with Crippen LogP contribution in [0.2, 0.25) is 0 Å². The molecule has 0 radical (unpaired) electrons. The second-order valence-electron chi connectivity index (χ2n) is 4.37. The molecule has 0 aliphatic heterocycles. The summed E-state index contributed by atoms with van der Waals surface area (Å²) in [5, 5.41) is 0. The third-order valence-electron chi connectivity index (χ3n) is 2.72. The van der Waals surface area contributed by atoms with E-state index in [-0.39, 0.29) is 4.90 Å². The van der Waals surface area contributed by atoms with Crippen molar-refractivity contribution in [3.63, 3.8) is 0 Å². The summed E-state index contributed by atoms with van der Waals surface area (Å²) in [6.07, 6.45) is -3.56. The highest BCUT2D eigenvalue weighted by Crippen LogP contribution is 2.38.